The summed E-state index contributed by atoms with van der Waals surface area (Å²) in [6.45, 7) is 0. The van der Waals surface area contributed by atoms with Crippen LogP contribution in [0.3, 0.4) is 0 Å². The second-order valence-corrected chi connectivity index (χ2v) is 4.24. The molecular weight excluding hydrogens is 203 g/mol. The molecule has 0 saturated heterocycles. The second-order valence-electron chi connectivity index (χ2n) is 4.24. The van der Waals surface area contributed by atoms with Gasteiger partial charge < -0.3 is 5.73 Å². The van der Waals surface area contributed by atoms with Crippen molar-refractivity contribution in [3.63, 3.8) is 0 Å². The first-order valence-corrected chi connectivity index (χ1v) is 4.92. The Morgan fingerprint density at radius 2 is 1.67 bits per heavy atom. The molecule has 1 aromatic rings. The van der Waals surface area contributed by atoms with Crippen LogP contribution in [0, 0.1) is 17.5 Å². The molecule has 4 heteroatoms. The second kappa shape index (κ2) is 3.52. The monoisotopic (exact) mass is 215 g/mol. The van der Waals surface area contributed by atoms with Crippen molar-refractivity contribution in [3.8, 4) is 0 Å². The molecule has 0 atom stereocenters. The minimum absolute atomic E-state index is 0.151. The lowest BCUT2D eigenvalue weighted by Gasteiger charge is -2.08. The average molecular weight is 215 g/mol. The van der Waals surface area contributed by atoms with Crippen LogP contribution in [0.25, 0.3) is 0 Å². The summed E-state index contributed by atoms with van der Waals surface area (Å²) in [5, 5.41) is 0. The zero-order valence-corrected chi connectivity index (χ0v) is 8.19. The van der Waals surface area contributed by atoms with Gasteiger partial charge in [0, 0.05) is 5.54 Å². The van der Waals surface area contributed by atoms with Crippen molar-refractivity contribution >= 4 is 0 Å². The highest BCUT2D eigenvalue weighted by Crippen LogP contribution is 2.36. The van der Waals surface area contributed by atoms with Gasteiger partial charge in [0.2, 0.25) is 0 Å². The van der Waals surface area contributed by atoms with Gasteiger partial charge in [-0.05, 0) is 43.4 Å². The van der Waals surface area contributed by atoms with E-state index >= 15 is 0 Å². The third kappa shape index (κ3) is 2.31. The molecule has 0 aromatic heterocycles. The molecule has 0 bridgehead atoms. The number of benzene rings is 1. The maximum Gasteiger partial charge on any atom is 0.194 e. The van der Waals surface area contributed by atoms with Crippen LogP contribution in [0.4, 0.5) is 13.2 Å². The fourth-order valence-electron chi connectivity index (χ4n) is 1.56. The standard InChI is InChI=1S/C11H12F3N/c12-8-5-7(6-9(13)10(8)14)1-2-11(15)3-4-11/h5-6H,1-4,15H2. The van der Waals surface area contributed by atoms with Crippen molar-refractivity contribution in [3.05, 3.63) is 35.1 Å². The lowest BCUT2D eigenvalue weighted by atomic mass is 10.0. The maximum absolute atomic E-state index is 12.8. The van der Waals surface area contributed by atoms with Gasteiger partial charge in [-0.3, -0.25) is 0 Å². The van der Waals surface area contributed by atoms with E-state index in [0.29, 0.717) is 18.4 Å². The number of nitrogens with two attached hydrogens (primary N) is 1. The minimum atomic E-state index is -1.41. The van der Waals surface area contributed by atoms with Gasteiger partial charge in [-0.25, -0.2) is 13.2 Å². The van der Waals surface area contributed by atoms with Crippen LogP contribution in [-0.4, -0.2) is 5.54 Å². The summed E-state index contributed by atoms with van der Waals surface area (Å²) in [5.41, 5.74) is 6.15. The Bertz CT molecular complexity index is 362. The van der Waals surface area contributed by atoms with E-state index in [1.807, 2.05) is 0 Å². The zero-order valence-electron chi connectivity index (χ0n) is 8.19. The van der Waals surface area contributed by atoms with Crippen molar-refractivity contribution in [1.29, 1.82) is 0 Å². The Hall–Kier alpha value is -1.03. The van der Waals surface area contributed by atoms with Gasteiger partial charge in [-0.1, -0.05) is 0 Å². The molecule has 0 spiro atoms. The SMILES string of the molecule is NC1(CCc2cc(F)c(F)c(F)c2)CC1. The summed E-state index contributed by atoms with van der Waals surface area (Å²) in [7, 11) is 0. The summed E-state index contributed by atoms with van der Waals surface area (Å²) >= 11 is 0. The van der Waals surface area contributed by atoms with E-state index in [-0.39, 0.29) is 5.54 Å². The Balaban J connectivity index is 2.08. The van der Waals surface area contributed by atoms with Gasteiger partial charge in [-0.2, -0.15) is 0 Å². The normalized spacial score (nSPS) is 17.9. The third-order valence-electron chi connectivity index (χ3n) is 2.85. The fourth-order valence-corrected chi connectivity index (χ4v) is 1.56. The average Bonchev–Trinajstić information content (AvgIpc) is 2.90. The van der Waals surface area contributed by atoms with Crippen LogP contribution in [0.2, 0.25) is 0 Å². The quantitative estimate of drug-likeness (QED) is 0.770. The number of hydrogen-bond acceptors (Lipinski definition) is 1. The predicted octanol–water partition coefficient (Wildman–Crippen LogP) is 2.53. The van der Waals surface area contributed by atoms with Crippen molar-refractivity contribution < 1.29 is 13.2 Å². The number of halogens is 3. The lowest BCUT2D eigenvalue weighted by molar-refractivity contribution is 0.444. The van der Waals surface area contributed by atoms with E-state index in [1.165, 1.54) is 0 Å². The highest BCUT2D eigenvalue weighted by atomic mass is 19.2. The van der Waals surface area contributed by atoms with E-state index in [0.717, 1.165) is 25.0 Å². The van der Waals surface area contributed by atoms with Crippen LogP contribution in [0.5, 0.6) is 0 Å². The Labute approximate surface area is 86.1 Å². The Morgan fingerprint density at radius 3 is 2.13 bits per heavy atom. The molecular formula is C11H12F3N. The molecule has 2 N–H and O–H groups in total. The summed E-state index contributed by atoms with van der Waals surface area (Å²) in [6, 6.07) is 2.06. The van der Waals surface area contributed by atoms with E-state index in [2.05, 4.69) is 0 Å². The van der Waals surface area contributed by atoms with Crippen LogP contribution < -0.4 is 5.73 Å². The first-order chi connectivity index (χ1) is 7.00. The topological polar surface area (TPSA) is 26.0 Å². The molecule has 15 heavy (non-hydrogen) atoms. The molecule has 0 amide bonds. The molecule has 1 aliphatic carbocycles. The van der Waals surface area contributed by atoms with Crippen LogP contribution in [-0.2, 0) is 6.42 Å². The molecule has 1 saturated carbocycles. The molecule has 1 nitrogen and oxygen atoms in total. The molecule has 82 valence electrons. The Kier molecular flexibility index (Phi) is 2.46. The van der Waals surface area contributed by atoms with Crippen LogP contribution in [0.1, 0.15) is 24.8 Å². The molecule has 0 unspecified atom stereocenters. The number of rotatable bonds is 3. The van der Waals surface area contributed by atoms with Gasteiger partial charge >= 0.3 is 0 Å². The zero-order chi connectivity index (χ0) is 11.1. The molecule has 1 aliphatic rings. The third-order valence-corrected chi connectivity index (χ3v) is 2.85. The van der Waals surface area contributed by atoms with Crippen molar-refractivity contribution in [2.75, 3.05) is 0 Å². The molecule has 1 fully saturated rings. The van der Waals surface area contributed by atoms with Gasteiger partial charge in [0.05, 0.1) is 0 Å². The van der Waals surface area contributed by atoms with Crippen LogP contribution >= 0.6 is 0 Å². The van der Waals surface area contributed by atoms with Gasteiger partial charge in [-0.15, -0.1) is 0 Å². The van der Waals surface area contributed by atoms with Gasteiger partial charge in [0.1, 0.15) is 0 Å². The van der Waals surface area contributed by atoms with Crippen molar-refractivity contribution in [2.45, 2.75) is 31.2 Å². The van der Waals surface area contributed by atoms with E-state index in [4.69, 9.17) is 5.73 Å². The molecule has 0 radical (unpaired) electrons. The molecule has 0 aliphatic heterocycles. The van der Waals surface area contributed by atoms with Crippen molar-refractivity contribution in [2.24, 2.45) is 5.73 Å². The number of aryl methyl sites for hydroxylation is 1. The maximum atomic E-state index is 12.8. The molecule has 0 heterocycles. The van der Waals surface area contributed by atoms with E-state index in [9.17, 15) is 13.2 Å². The first-order valence-electron chi connectivity index (χ1n) is 4.92. The van der Waals surface area contributed by atoms with Crippen molar-refractivity contribution in [1.82, 2.24) is 0 Å². The highest BCUT2D eigenvalue weighted by molar-refractivity contribution is 5.20. The lowest BCUT2D eigenvalue weighted by Crippen LogP contribution is -2.22. The van der Waals surface area contributed by atoms with Gasteiger partial charge in [0.25, 0.3) is 0 Å². The summed E-state index contributed by atoms with van der Waals surface area (Å²) in [4.78, 5) is 0. The summed E-state index contributed by atoms with van der Waals surface area (Å²) in [6.07, 6.45) is 3.10. The molecule has 1 aromatic carbocycles. The van der Waals surface area contributed by atoms with Gasteiger partial charge in [0.15, 0.2) is 17.5 Å². The van der Waals surface area contributed by atoms with E-state index in [1.54, 1.807) is 0 Å². The number of hydrogen-bond donors (Lipinski definition) is 1. The summed E-state index contributed by atoms with van der Waals surface area (Å²) in [5.74, 6) is -3.67. The highest BCUT2D eigenvalue weighted by Gasteiger charge is 2.37. The van der Waals surface area contributed by atoms with E-state index < -0.39 is 17.5 Å². The van der Waals surface area contributed by atoms with Crippen LogP contribution in [0.15, 0.2) is 12.1 Å². The minimum Gasteiger partial charge on any atom is -0.325 e. The smallest absolute Gasteiger partial charge is 0.194 e. The summed E-state index contributed by atoms with van der Waals surface area (Å²) < 4.78 is 38.3. The predicted molar refractivity (Wildman–Crippen MR) is 50.8 cm³/mol. The fraction of sp³-hybridized carbons (Fsp3) is 0.455. The molecule has 2 rings (SSSR count). The largest absolute Gasteiger partial charge is 0.325 e. The first kappa shape index (κ1) is 10.5. The Morgan fingerprint density at radius 1 is 1.13 bits per heavy atom.